The molecule has 1 saturated heterocycles. The van der Waals surface area contributed by atoms with Gasteiger partial charge in [0.1, 0.15) is 18.5 Å². The van der Waals surface area contributed by atoms with Gasteiger partial charge in [-0.2, -0.15) is 4.98 Å². The average molecular weight is 374 g/mol. The van der Waals surface area contributed by atoms with Gasteiger partial charge in [0.15, 0.2) is 5.75 Å². The molecule has 3 N–H and O–H groups in total. The number of β-amino-alcohol motifs (C(OH)–C–C–N with tert-alkyl or cyclic N) is 1. The Balaban J connectivity index is 1.68. The number of nitrogens with one attached hydrogen (secondary N) is 2. The van der Waals surface area contributed by atoms with Crippen LogP contribution in [0.15, 0.2) is 18.3 Å². The third-order valence-corrected chi connectivity index (χ3v) is 4.23. The second-order valence-corrected chi connectivity index (χ2v) is 6.44. The Hall–Kier alpha value is -2.65. The molecule has 0 spiro atoms. The van der Waals surface area contributed by atoms with Crippen molar-refractivity contribution in [1.82, 2.24) is 19.9 Å². The predicted octanol–water partition coefficient (Wildman–Crippen LogP) is 1.42. The van der Waals surface area contributed by atoms with E-state index in [0.29, 0.717) is 29.8 Å². The highest BCUT2D eigenvalue weighted by Crippen LogP contribution is 2.28. The molecule has 9 heteroatoms. The van der Waals surface area contributed by atoms with Gasteiger partial charge in [-0.15, -0.1) is 0 Å². The summed E-state index contributed by atoms with van der Waals surface area (Å²) in [7, 11) is 3.33. The van der Waals surface area contributed by atoms with Crippen LogP contribution in [-0.2, 0) is 0 Å². The first kappa shape index (κ1) is 19.1. The molecule has 0 radical (unpaired) electrons. The number of hydrogen-bond acceptors (Lipinski definition) is 9. The fourth-order valence-electron chi connectivity index (χ4n) is 2.74. The monoisotopic (exact) mass is 374 g/mol. The molecule has 3 rings (SSSR count). The van der Waals surface area contributed by atoms with Crippen LogP contribution in [0.3, 0.4) is 0 Å². The van der Waals surface area contributed by atoms with Crippen LogP contribution in [0.25, 0.3) is 0 Å². The van der Waals surface area contributed by atoms with E-state index in [4.69, 9.17) is 9.47 Å². The van der Waals surface area contributed by atoms with Gasteiger partial charge in [0.2, 0.25) is 5.95 Å². The van der Waals surface area contributed by atoms with Gasteiger partial charge in [0.05, 0.1) is 19.0 Å². The minimum absolute atomic E-state index is 0.169. The summed E-state index contributed by atoms with van der Waals surface area (Å²) in [4.78, 5) is 15.2. The van der Waals surface area contributed by atoms with Crippen LogP contribution in [0.4, 0.5) is 17.5 Å². The number of aromatic nitrogens is 3. The molecule has 1 atom stereocenters. The summed E-state index contributed by atoms with van der Waals surface area (Å²) >= 11 is 0. The van der Waals surface area contributed by atoms with E-state index < -0.39 is 6.10 Å². The first-order chi connectivity index (χ1) is 13.1. The molecule has 0 amide bonds. The molecule has 0 aromatic carbocycles. The Labute approximate surface area is 158 Å². The van der Waals surface area contributed by atoms with Gasteiger partial charge < -0.3 is 30.1 Å². The number of anilines is 3. The second-order valence-electron chi connectivity index (χ2n) is 6.44. The molecule has 0 saturated carbocycles. The highest BCUT2D eigenvalue weighted by Gasteiger charge is 2.19. The van der Waals surface area contributed by atoms with E-state index in [9.17, 15) is 5.11 Å². The Morgan fingerprint density at radius 2 is 2.11 bits per heavy atom. The van der Waals surface area contributed by atoms with Crippen molar-refractivity contribution >= 4 is 17.5 Å². The van der Waals surface area contributed by atoms with E-state index in [1.807, 2.05) is 13.0 Å². The number of aliphatic hydroxyl groups excluding tert-OH is 1. The molecule has 3 heterocycles. The molecule has 0 aliphatic carbocycles. The molecule has 1 aliphatic heterocycles. The van der Waals surface area contributed by atoms with Crippen molar-refractivity contribution in [3.05, 3.63) is 24.0 Å². The Morgan fingerprint density at radius 3 is 2.78 bits per heavy atom. The number of pyridine rings is 1. The van der Waals surface area contributed by atoms with Crippen LogP contribution < -0.4 is 20.1 Å². The topological polar surface area (TPSA) is 105 Å². The third kappa shape index (κ3) is 5.18. The van der Waals surface area contributed by atoms with Gasteiger partial charge in [-0.1, -0.05) is 0 Å². The van der Waals surface area contributed by atoms with Crippen molar-refractivity contribution in [2.75, 3.05) is 51.0 Å². The molecule has 1 fully saturated rings. The summed E-state index contributed by atoms with van der Waals surface area (Å²) in [5.41, 5.74) is 1.50. The minimum atomic E-state index is -0.565. The highest BCUT2D eigenvalue weighted by molar-refractivity contribution is 5.58. The smallest absolute Gasteiger partial charge is 0.256 e. The van der Waals surface area contributed by atoms with E-state index in [1.54, 1.807) is 19.3 Å². The highest BCUT2D eigenvalue weighted by atomic mass is 16.5. The summed E-state index contributed by atoms with van der Waals surface area (Å²) < 4.78 is 11.0. The van der Waals surface area contributed by atoms with Crippen LogP contribution >= 0.6 is 0 Å². The molecule has 0 bridgehead atoms. The van der Waals surface area contributed by atoms with Gasteiger partial charge >= 0.3 is 0 Å². The normalized spacial score (nSPS) is 15.0. The summed E-state index contributed by atoms with van der Waals surface area (Å²) in [6.45, 7) is 4.74. The lowest BCUT2D eigenvalue weighted by Crippen LogP contribution is -2.43. The number of rotatable bonds is 9. The zero-order chi connectivity index (χ0) is 19.2. The van der Waals surface area contributed by atoms with Crippen molar-refractivity contribution in [3.8, 4) is 11.6 Å². The molecule has 2 aromatic rings. The number of methoxy groups -OCH3 is 1. The van der Waals surface area contributed by atoms with Crippen LogP contribution in [0, 0.1) is 6.92 Å². The third-order valence-electron chi connectivity index (χ3n) is 4.23. The minimum Gasteiger partial charge on any atom is -0.485 e. The Morgan fingerprint density at radius 1 is 1.30 bits per heavy atom. The summed E-state index contributed by atoms with van der Waals surface area (Å²) in [6.07, 6.45) is 2.24. The maximum atomic E-state index is 10.1. The van der Waals surface area contributed by atoms with E-state index in [2.05, 4.69) is 30.5 Å². The summed E-state index contributed by atoms with van der Waals surface area (Å²) in [6, 6.07) is 3.61. The van der Waals surface area contributed by atoms with E-state index in [-0.39, 0.29) is 6.61 Å². The molecule has 1 aliphatic rings. The number of aryl methyl sites for hydroxylation is 1. The average Bonchev–Trinajstić information content (AvgIpc) is 2.62. The van der Waals surface area contributed by atoms with E-state index in [0.717, 1.165) is 24.6 Å². The van der Waals surface area contributed by atoms with E-state index in [1.165, 1.54) is 13.5 Å². The number of nitrogens with zero attached hydrogens (tertiary/aromatic N) is 4. The first-order valence-electron chi connectivity index (χ1n) is 8.95. The molecule has 2 aromatic heterocycles. The molecule has 9 nitrogen and oxygen atoms in total. The summed E-state index contributed by atoms with van der Waals surface area (Å²) in [5.74, 6) is 1.98. The van der Waals surface area contributed by atoms with Crippen LogP contribution in [0.1, 0.15) is 12.1 Å². The number of aliphatic hydroxyl groups is 1. The van der Waals surface area contributed by atoms with Crippen molar-refractivity contribution in [2.24, 2.45) is 0 Å². The first-order valence-corrected chi connectivity index (χ1v) is 8.95. The quantitative estimate of drug-likeness (QED) is 0.601. The van der Waals surface area contributed by atoms with Crippen LogP contribution in [0.2, 0.25) is 0 Å². The zero-order valence-electron chi connectivity index (χ0n) is 15.9. The van der Waals surface area contributed by atoms with Crippen molar-refractivity contribution in [2.45, 2.75) is 19.4 Å². The number of hydrogen-bond donors (Lipinski definition) is 3. The van der Waals surface area contributed by atoms with Crippen LogP contribution in [0.5, 0.6) is 11.6 Å². The lowest BCUT2D eigenvalue weighted by Gasteiger charge is -2.32. The van der Waals surface area contributed by atoms with Crippen molar-refractivity contribution < 1.29 is 14.6 Å². The fourth-order valence-corrected chi connectivity index (χ4v) is 2.74. The van der Waals surface area contributed by atoms with Crippen molar-refractivity contribution in [1.29, 1.82) is 0 Å². The standard InChI is InChI=1S/C18H26N6O3/c1-12-7-16(19-2)23-18(21-12)22-13-8-15(17(26-3)20-9-13)27-11-14(25)10-24-5-4-6-24/h7-9,14,25H,4-6,10-11H2,1-3H3,(H2,19,21,22,23)/t14-/m1/s1. The lowest BCUT2D eigenvalue weighted by molar-refractivity contribution is 0.0458. The summed E-state index contributed by atoms with van der Waals surface area (Å²) in [5, 5.41) is 16.2. The number of likely N-dealkylation sites (tertiary alicyclic amines) is 1. The maximum Gasteiger partial charge on any atom is 0.256 e. The molecular formula is C18H26N6O3. The van der Waals surface area contributed by atoms with Crippen LogP contribution in [-0.4, -0.2) is 71.5 Å². The van der Waals surface area contributed by atoms with E-state index >= 15 is 0 Å². The Bertz CT molecular complexity index is 769. The lowest BCUT2D eigenvalue weighted by atomic mass is 10.2. The second kappa shape index (κ2) is 8.83. The van der Waals surface area contributed by atoms with Gasteiger partial charge in [0.25, 0.3) is 5.88 Å². The SMILES string of the molecule is CNc1cc(C)nc(Nc2cnc(OC)c(OC[C@H](O)CN3CCC3)c2)n1. The fraction of sp³-hybridized carbons (Fsp3) is 0.500. The maximum absolute atomic E-state index is 10.1. The Kier molecular flexibility index (Phi) is 6.25. The van der Waals surface area contributed by atoms with Gasteiger partial charge in [-0.3, -0.25) is 0 Å². The van der Waals surface area contributed by atoms with Crippen molar-refractivity contribution in [3.63, 3.8) is 0 Å². The molecular weight excluding hydrogens is 348 g/mol. The van der Waals surface area contributed by atoms with Gasteiger partial charge in [-0.25, -0.2) is 9.97 Å². The van der Waals surface area contributed by atoms with Gasteiger partial charge in [0, 0.05) is 31.4 Å². The van der Waals surface area contributed by atoms with Gasteiger partial charge in [-0.05, 0) is 26.4 Å². The molecule has 146 valence electrons. The zero-order valence-corrected chi connectivity index (χ0v) is 15.9. The predicted molar refractivity (Wildman–Crippen MR) is 103 cm³/mol. The molecule has 0 unspecified atom stereocenters. The largest absolute Gasteiger partial charge is 0.485 e. The molecule has 27 heavy (non-hydrogen) atoms. The number of ether oxygens (including phenoxy) is 2.